The van der Waals surface area contributed by atoms with Crippen LogP contribution >= 0.6 is 15.9 Å². The number of hydrogen-bond acceptors (Lipinski definition) is 3. The molecule has 2 aliphatic rings. The molecule has 0 spiro atoms. The van der Waals surface area contributed by atoms with Crippen molar-refractivity contribution in [1.82, 2.24) is 5.32 Å². The van der Waals surface area contributed by atoms with Crippen molar-refractivity contribution in [2.24, 2.45) is 0 Å². The van der Waals surface area contributed by atoms with Crippen LogP contribution in [0.1, 0.15) is 5.56 Å². The van der Waals surface area contributed by atoms with Gasteiger partial charge in [0, 0.05) is 24.6 Å². The van der Waals surface area contributed by atoms with Crippen molar-refractivity contribution < 1.29 is 4.79 Å². The number of rotatable bonds is 0. The van der Waals surface area contributed by atoms with Crippen molar-refractivity contribution in [2.75, 3.05) is 36.5 Å². The molecular weight excluding hydrogens is 294 g/mol. The van der Waals surface area contributed by atoms with E-state index in [4.69, 9.17) is 0 Å². The summed E-state index contributed by atoms with van der Waals surface area (Å²) in [6.07, 6.45) is 0. The van der Waals surface area contributed by atoms with Crippen LogP contribution in [0.25, 0.3) is 0 Å². The van der Waals surface area contributed by atoms with Gasteiger partial charge in [0.15, 0.2) is 0 Å². The van der Waals surface area contributed by atoms with Crippen LogP contribution in [0.15, 0.2) is 16.6 Å². The van der Waals surface area contributed by atoms with Crippen LogP contribution in [-0.4, -0.2) is 38.6 Å². The van der Waals surface area contributed by atoms with Crippen molar-refractivity contribution >= 4 is 33.2 Å². The van der Waals surface area contributed by atoms with E-state index in [-0.39, 0.29) is 11.9 Å². The highest BCUT2D eigenvalue weighted by atomic mass is 79.9. The highest BCUT2D eigenvalue weighted by Crippen LogP contribution is 2.40. The predicted octanol–water partition coefficient (Wildman–Crippen LogP) is 1.51. The molecule has 1 N–H and O–H groups in total. The Bertz CT molecular complexity index is 517. The van der Waals surface area contributed by atoms with Crippen molar-refractivity contribution in [3.63, 3.8) is 0 Å². The molecule has 0 radical (unpaired) electrons. The summed E-state index contributed by atoms with van der Waals surface area (Å²) in [5.74, 6) is 0.165. The van der Waals surface area contributed by atoms with Gasteiger partial charge < -0.3 is 15.1 Å². The number of likely N-dealkylation sites (N-methyl/N-ethyl adjacent to an activating group) is 1. The number of piperazine rings is 1. The number of carbonyl (C=O) groups excluding carboxylic acids is 1. The summed E-state index contributed by atoms with van der Waals surface area (Å²) < 4.78 is 1.03. The van der Waals surface area contributed by atoms with E-state index in [1.807, 2.05) is 11.0 Å². The minimum Gasteiger partial charge on any atom is -0.371 e. The molecule has 1 saturated heterocycles. The number of aryl methyl sites for hydroxylation is 1. The summed E-state index contributed by atoms with van der Waals surface area (Å²) in [5.41, 5.74) is 3.41. The van der Waals surface area contributed by atoms with Gasteiger partial charge in [0.2, 0.25) is 5.91 Å². The summed E-state index contributed by atoms with van der Waals surface area (Å²) in [4.78, 5) is 16.4. The second-order valence-electron chi connectivity index (χ2n) is 5.02. The third kappa shape index (κ3) is 1.73. The molecule has 3 rings (SSSR count). The zero-order chi connectivity index (χ0) is 12.9. The molecule has 0 aliphatic carbocycles. The molecule has 1 aromatic rings. The summed E-state index contributed by atoms with van der Waals surface area (Å²) in [5, 5.41) is 3.18. The number of anilines is 2. The molecule has 0 saturated carbocycles. The Kier molecular flexibility index (Phi) is 2.83. The molecule has 1 unspecified atom stereocenters. The van der Waals surface area contributed by atoms with E-state index < -0.39 is 0 Å². The standard InChI is InChI=1S/C13H16BrN3O/c1-8-3-9(14)4-11-13(8)16(2)7-10-5-15-6-12(18)17(10)11/h3-4,10,15H,5-7H2,1-2H3. The van der Waals surface area contributed by atoms with Crippen molar-refractivity contribution in [1.29, 1.82) is 0 Å². The molecule has 4 nitrogen and oxygen atoms in total. The van der Waals surface area contributed by atoms with Crippen LogP contribution in [0.3, 0.4) is 0 Å². The van der Waals surface area contributed by atoms with E-state index in [1.54, 1.807) is 0 Å². The average Bonchev–Trinajstić information content (AvgIpc) is 2.27. The molecule has 1 aromatic carbocycles. The average molecular weight is 310 g/mol. The number of hydrogen-bond donors (Lipinski definition) is 1. The quantitative estimate of drug-likeness (QED) is 0.789. The van der Waals surface area contributed by atoms with Gasteiger partial charge in [-0.05, 0) is 24.6 Å². The molecule has 18 heavy (non-hydrogen) atoms. The molecule has 5 heteroatoms. The third-order valence-electron chi connectivity index (χ3n) is 3.66. The lowest BCUT2D eigenvalue weighted by Crippen LogP contribution is -2.61. The lowest BCUT2D eigenvalue weighted by molar-refractivity contribution is -0.119. The number of benzene rings is 1. The summed E-state index contributed by atoms with van der Waals surface area (Å²) in [6.45, 7) is 4.27. The number of fused-ring (bicyclic) bond motifs is 3. The Morgan fingerprint density at radius 1 is 1.44 bits per heavy atom. The fraction of sp³-hybridized carbons (Fsp3) is 0.462. The van der Waals surface area contributed by atoms with Crippen molar-refractivity contribution in [2.45, 2.75) is 13.0 Å². The predicted molar refractivity (Wildman–Crippen MR) is 76.3 cm³/mol. The van der Waals surface area contributed by atoms with Gasteiger partial charge in [-0.2, -0.15) is 0 Å². The normalized spacial score (nSPS) is 22.8. The molecule has 96 valence electrons. The Morgan fingerprint density at radius 3 is 3.00 bits per heavy atom. The minimum atomic E-state index is 0.165. The monoisotopic (exact) mass is 309 g/mol. The number of carbonyl (C=O) groups is 1. The topological polar surface area (TPSA) is 35.6 Å². The Balaban J connectivity index is 2.17. The van der Waals surface area contributed by atoms with Crippen LogP contribution in [0, 0.1) is 6.92 Å². The molecule has 0 aromatic heterocycles. The SMILES string of the molecule is Cc1cc(Br)cc2c1N(C)CC1CNCC(=O)N21. The Hall–Kier alpha value is -1.07. The molecular formula is C13H16BrN3O. The first-order valence-electron chi connectivity index (χ1n) is 6.12. The van der Waals surface area contributed by atoms with Gasteiger partial charge >= 0.3 is 0 Å². The fourth-order valence-electron chi connectivity index (χ4n) is 3.01. The molecule has 2 heterocycles. The first kappa shape index (κ1) is 12.0. The second kappa shape index (κ2) is 4.24. The number of nitrogens with zero attached hydrogens (tertiary/aromatic N) is 2. The van der Waals surface area contributed by atoms with Crippen LogP contribution in [0.4, 0.5) is 11.4 Å². The smallest absolute Gasteiger partial charge is 0.241 e. The lowest BCUT2D eigenvalue weighted by atomic mass is 10.0. The maximum absolute atomic E-state index is 12.2. The van der Waals surface area contributed by atoms with Gasteiger partial charge in [-0.15, -0.1) is 0 Å². The van der Waals surface area contributed by atoms with E-state index >= 15 is 0 Å². The first-order valence-corrected chi connectivity index (χ1v) is 6.91. The fourth-order valence-corrected chi connectivity index (χ4v) is 3.57. The van der Waals surface area contributed by atoms with Gasteiger partial charge in [0.05, 0.1) is 24.0 Å². The lowest BCUT2D eigenvalue weighted by Gasteiger charge is -2.45. The van der Waals surface area contributed by atoms with E-state index in [1.165, 1.54) is 11.3 Å². The molecule has 1 atom stereocenters. The van der Waals surface area contributed by atoms with Gasteiger partial charge in [0.1, 0.15) is 0 Å². The third-order valence-corrected chi connectivity index (χ3v) is 4.12. The van der Waals surface area contributed by atoms with Crippen LogP contribution in [0.2, 0.25) is 0 Å². The van der Waals surface area contributed by atoms with Crippen LogP contribution in [-0.2, 0) is 4.79 Å². The largest absolute Gasteiger partial charge is 0.371 e. The maximum Gasteiger partial charge on any atom is 0.241 e. The highest BCUT2D eigenvalue weighted by Gasteiger charge is 2.36. The highest BCUT2D eigenvalue weighted by molar-refractivity contribution is 9.10. The van der Waals surface area contributed by atoms with Gasteiger partial charge in [-0.1, -0.05) is 15.9 Å². The molecule has 1 amide bonds. The Labute approximate surface area is 115 Å². The molecule has 1 fully saturated rings. The van der Waals surface area contributed by atoms with Crippen molar-refractivity contribution in [3.8, 4) is 0 Å². The van der Waals surface area contributed by atoms with E-state index in [9.17, 15) is 4.79 Å². The van der Waals surface area contributed by atoms with Gasteiger partial charge in [-0.25, -0.2) is 0 Å². The van der Waals surface area contributed by atoms with Crippen molar-refractivity contribution in [3.05, 3.63) is 22.2 Å². The summed E-state index contributed by atoms with van der Waals surface area (Å²) >= 11 is 3.53. The molecule has 0 bridgehead atoms. The van der Waals surface area contributed by atoms with E-state index in [0.29, 0.717) is 6.54 Å². The number of halogens is 1. The van der Waals surface area contributed by atoms with Gasteiger partial charge in [-0.3, -0.25) is 4.79 Å². The zero-order valence-corrected chi connectivity index (χ0v) is 12.1. The van der Waals surface area contributed by atoms with E-state index in [0.717, 1.165) is 23.2 Å². The number of nitrogens with one attached hydrogen (secondary N) is 1. The summed E-state index contributed by atoms with van der Waals surface area (Å²) in [6, 6.07) is 4.38. The van der Waals surface area contributed by atoms with E-state index in [2.05, 4.69) is 46.2 Å². The second-order valence-corrected chi connectivity index (χ2v) is 5.94. The first-order chi connectivity index (χ1) is 8.58. The minimum absolute atomic E-state index is 0.165. The van der Waals surface area contributed by atoms with Gasteiger partial charge in [0.25, 0.3) is 0 Å². The van der Waals surface area contributed by atoms with Crippen LogP contribution in [0.5, 0.6) is 0 Å². The molecule has 2 aliphatic heterocycles. The summed E-state index contributed by atoms with van der Waals surface area (Å²) in [7, 11) is 2.09. The maximum atomic E-state index is 12.2. The Morgan fingerprint density at radius 2 is 2.22 bits per heavy atom. The van der Waals surface area contributed by atoms with Crippen LogP contribution < -0.4 is 15.1 Å². The zero-order valence-electron chi connectivity index (χ0n) is 10.5. The number of amides is 1.